The van der Waals surface area contributed by atoms with Gasteiger partial charge in [0.25, 0.3) is 0 Å². The zero-order chi connectivity index (χ0) is 12.1. The molecular formula is C12H15N3O. The lowest BCUT2D eigenvalue weighted by molar-refractivity contribution is -0.119. The fourth-order valence-electron chi connectivity index (χ4n) is 1.64. The molecule has 0 aromatic heterocycles. The zero-order valence-electron chi connectivity index (χ0n) is 9.47. The van der Waals surface area contributed by atoms with E-state index in [0.717, 1.165) is 5.69 Å². The fourth-order valence-corrected chi connectivity index (χ4v) is 1.64. The highest BCUT2D eigenvalue weighted by Gasteiger charge is 2.18. The summed E-state index contributed by atoms with van der Waals surface area (Å²) < 4.78 is 0. The minimum atomic E-state index is -0.354. The lowest BCUT2D eigenvalue weighted by Gasteiger charge is -2.26. The molecule has 2 N–H and O–H groups in total. The van der Waals surface area contributed by atoms with Crippen molar-refractivity contribution in [3.05, 3.63) is 29.8 Å². The number of hydrogen-bond acceptors (Lipinski definition) is 3. The normalized spacial score (nSPS) is 11.6. The maximum Gasteiger partial charge on any atom is 0.240 e. The lowest BCUT2D eigenvalue weighted by Crippen LogP contribution is -2.42. The summed E-state index contributed by atoms with van der Waals surface area (Å²) in [5.74, 6) is -0.354. The molecule has 1 atom stereocenters. The minimum Gasteiger partial charge on any atom is -0.368 e. The summed E-state index contributed by atoms with van der Waals surface area (Å²) in [6.45, 7) is 1.90. The molecule has 0 heterocycles. The number of rotatable bonds is 4. The van der Waals surface area contributed by atoms with E-state index in [4.69, 9.17) is 11.0 Å². The number of carbonyl (C=O) groups excluding carboxylic acids is 1. The number of benzene rings is 1. The SMILES string of the molecule is CCC(C(N)=O)N(C)c1cccc(C#N)c1. The second-order valence-electron chi connectivity index (χ2n) is 3.60. The number of nitrogens with zero attached hydrogens (tertiary/aromatic N) is 2. The number of hydrogen-bond donors (Lipinski definition) is 1. The molecule has 1 rings (SSSR count). The van der Waals surface area contributed by atoms with Crippen LogP contribution in [0.2, 0.25) is 0 Å². The molecule has 0 saturated heterocycles. The maximum absolute atomic E-state index is 11.2. The van der Waals surface area contributed by atoms with Crippen LogP contribution in [-0.2, 0) is 4.79 Å². The molecule has 1 amide bonds. The van der Waals surface area contributed by atoms with Gasteiger partial charge >= 0.3 is 0 Å². The molecule has 0 bridgehead atoms. The first-order valence-corrected chi connectivity index (χ1v) is 5.12. The first-order chi connectivity index (χ1) is 7.60. The van der Waals surface area contributed by atoms with Gasteiger partial charge in [-0.2, -0.15) is 5.26 Å². The van der Waals surface area contributed by atoms with E-state index in [0.29, 0.717) is 12.0 Å². The van der Waals surface area contributed by atoms with Crippen LogP contribution in [0.3, 0.4) is 0 Å². The van der Waals surface area contributed by atoms with Gasteiger partial charge in [-0.3, -0.25) is 4.79 Å². The van der Waals surface area contributed by atoms with Gasteiger partial charge in [0.15, 0.2) is 0 Å². The monoisotopic (exact) mass is 217 g/mol. The molecule has 4 nitrogen and oxygen atoms in total. The highest BCUT2D eigenvalue weighted by Crippen LogP contribution is 2.17. The Balaban J connectivity index is 2.99. The van der Waals surface area contributed by atoms with Crippen LogP contribution in [0.1, 0.15) is 18.9 Å². The van der Waals surface area contributed by atoms with Crippen molar-refractivity contribution >= 4 is 11.6 Å². The number of nitrogens with two attached hydrogens (primary N) is 1. The van der Waals surface area contributed by atoms with Gasteiger partial charge in [-0.05, 0) is 24.6 Å². The van der Waals surface area contributed by atoms with Crippen LogP contribution in [0.15, 0.2) is 24.3 Å². The largest absolute Gasteiger partial charge is 0.368 e. The van der Waals surface area contributed by atoms with Crippen LogP contribution in [-0.4, -0.2) is 19.0 Å². The highest BCUT2D eigenvalue weighted by molar-refractivity contribution is 5.83. The van der Waals surface area contributed by atoms with Crippen molar-refractivity contribution in [1.29, 1.82) is 5.26 Å². The average Bonchev–Trinajstić information content (AvgIpc) is 2.29. The number of primary amides is 1. The van der Waals surface area contributed by atoms with Gasteiger partial charge in [-0.15, -0.1) is 0 Å². The van der Waals surface area contributed by atoms with E-state index in [1.807, 2.05) is 13.0 Å². The molecule has 16 heavy (non-hydrogen) atoms. The Bertz CT molecular complexity index is 423. The first kappa shape index (κ1) is 12.1. The highest BCUT2D eigenvalue weighted by atomic mass is 16.1. The summed E-state index contributed by atoms with van der Waals surface area (Å²) >= 11 is 0. The van der Waals surface area contributed by atoms with Crippen molar-refractivity contribution in [2.45, 2.75) is 19.4 Å². The van der Waals surface area contributed by atoms with Gasteiger partial charge in [0.1, 0.15) is 6.04 Å². The second-order valence-corrected chi connectivity index (χ2v) is 3.60. The molecular weight excluding hydrogens is 202 g/mol. The number of anilines is 1. The Morgan fingerprint density at radius 3 is 2.81 bits per heavy atom. The fraction of sp³-hybridized carbons (Fsp3) is 0.333. The van der Waals surface area contributed by atoms with Crippen LogP contribution in [0.25, 0.3) is 0 Å². The van der Waals surface area contributed by atoms with E-state index < -0.39 is 0 Å². The Labute approximate surface area is 95.3 Å². The van der Waals surface area contributed by atoms with E-state index in [1.165, 1.54) is 0 Å². The van der Waals surface area contributed by atoms with E-state index in [-0.39, 0.29) is 11.9 Å². The molecule has 0 fully saturated rings. The maximum atomic E-state index is 11.2. The van der Waals surface area contributed by atoms with Gasteiger partial charge < -0.3 is 10.6 Å². The summed E-state index contributed by atoms with van der Waals surface area (Å²) in [6.07, 6.45) is 0.641. The third-order valence-corrected chi connectivity index (χ3v) is 2.57. The average molecular weight is 217 g/mol. The molecule has 0 saturated carbocycles. The Hall–Kier alpha value is -2.02. The molecule has 84 valence electrons. The molecule has 0 aliphatic rings. The minimum absolute atomic E-state index is 0.339. The van der Waals surface area contributed by atoms with Crippen LogP contribution < -0.4 is 10.6 Å². The topological polar surface area (TPSA) is 70.1 Å². The Morgan fingerprint density at radius 2 is 2.31 bits per heavy atom. The van der Waals surface area contributed by atoms with Gasteiger partial charge in [0.2, 0.25) is 5.91 Å². The van der Waals surface area contributed by atoms with Crippen molar-refractivity contribution < 1.29 is 4.79 Å². The predicted octanol–water partition coefficient (Wildman–Crippen LogP) is 1.26. The molecule has 0 aliphatic carbocycles. The zero-order valence-corrected chi connectivity index (χ0v) is 9.47. The van der Waals surface area contributed by atoms with Crippen LogP contribution in [0, 0.1) is 11.3 Å². The number of amides is 1. The van der Waals surface area contributed by atoms with Crippen LogP contribution in [0.4, 0.5) is 5.69 Å². The van der Waals surface area contributed by atoms with Gasteiger partial charge in [-0.25, -0.2) is 0 Å². The molecule has 0 spiro atoms. The van der Waals surface area contributed by atoms with Crippen LogP contribution in [0.5, 0.6) is 0 Å². The Kier molecular flexibility index (Phi) is 3.90. The Morgan fingerprint density at radius 1 is 1.62 bits per heavy atom. The van der Waals surface area contributed by atoms with Crippen molar-refractivity contribution in [1.82, 2.24) is 0 Å². The van der Waals surface area contributed by atoms with Crippen molar-refractivity contribution in [3.8, 4) is 6.07 Å². The first-order valence-electron chi connectivity index (χ1n) is 5.12. The molecule has 1 unspecified atom stereocenters. The smallest absolute Gasteiger partial charge is 0.240 e. The predicted molar refractivity (Wildman–Crippen MR) is 62.8 cm³/mol. The molecule has 0 aliphatic heterocycles. The standard InChI is InChI=1S/C12H15N3O/c1-3-11(12(14)16)15(2)10-6-4-5-9(7-10)8-13/h4-7,11H,3H2,1-2H3,(H2,14,16). The van der Waals surface area contributed by atoms with E-state index in [9.17, 15) is 4.79 Å². The third-order valence-electron chi connectivity index (χ3n) is 2.57. The molecule has 1 aromatic rings. The summed E-state index contributed by atoms with van der Waals surface area (Å²) in [4.78, 5) is 13.0. The summed E-state index contributed by atoms with van der Waals surface area (Å²) in [5, 5.41) is 8.79. The molecule has 4 heteroatoms. The second kappa shape index (κ2) is 5.17. The van der Waals surface area contributed by atoms with Crippen LogP contribution >= 0.6 is 0 Å². The van der Waals surface area contributed by atoms with Gasteiger partial charge in [0.05, 0.1) is 11.6 Å². The van der Waals surface area contributed by atoms with Gasteiger partial charge in [0, 0.05) is 12.7 Å². The quantitative estimate of drug-likeness (QED) is 0.825. The lowest BCUT2D eigenvalue weighted by atomic mass is 10.1. The van der Waals surface area contributed by atoms with Crippen molar-refractivity contribution in [3.63, 3.8) is 0 Å². The number of carbonyl (C=O) groups is 1. The number of likely N-dealkylation sites (N-methyl/N-ethyl adjacent to an activating group) is 1. The van der Waals surface area contributed by atoms with E-state index >= 15 is 0 Å². The third kappa shape index (κ3) is 2.51. The summed E-state index contributed by atoms with van der Waals surface area (Å²) in [6, 6.07) is 8.84. The van der Waals surface area contributed by atoms with Crippen molar-refractivity contribution in [2.24, 2.45) is 5.73 Å². The molecule has 1 aromatic carbocycles. The van der Waals surface area contributed by atoms with Gasteiger partial charge in [-0.1, -0.05) is 13.0 Å². The van der Waals surface area contributed by atoms with E-state index in [1.54, 1.807) is 30.1 Å². The number of nitriles is 1. The summed E-state index contributed by atoms with van der Waals surface area (Å²) in [7, 11) is 1.80. The summed E-state index contributed by atoms with van der Waals surface area (Å²) in [5.41, 5.74) is 6.71. The molecule has 0 radical (unpaired) electrons. The van der Waals surface area contributed by atoms with Crippen molar-refractivity contribution in [2.75, 3.05) is 11.9 Å². The van der Waals surface area contributed by atoms with E-state index in [2.05, 4.69) is 6.07 Å².